The molecule has 14 rings (SSSR count). The SMILES string of the molecule is C.Cc1cc2cccc(C)c2nc1C.Cc1ccc2c(C)c(C)cnc2c1.Cc1ccc2cc(C)c(C)nc2c1.Cc1ccc2nc(C)c(C)cc2c1.Cc1ccc2ncc(C)c(C)c2c1.Cc1cnc2cccc(C)c2c1C.Cc1nc2ccccc2c(C)c1C. The molecule has 7 aromatic heterocycles. The van der Waals surface area contributed by atoms with E-state index in [4.69, 9.17) is 0 Å². The lowest BCUT2D eigenvalue weighted by atomic mass is 10.0. The summed E-state index contributed by atoms with van der Waals surface area (Å²) in [4.78, 5) is 31.4. The molecule has 0 saturated heterocycles. The quantitative estimate of drug-likeness (QED) is 0.149. The Morgan fingerprint density at radius 2 is 0.685 bits per heavy atom. The minimum atomic E-state index is 0. The molecule has 7 heterocycles. The van der Waals surface area contributed by atoms with Gasteiger partial charge in [-0.3, -0.25) is 34.9 Å². The van der Waals surface area contributed by atoms with Crippen molar-refractivity contribution in [1.29, 1.82) is 0 Å². The molecule has 0 N–H and O–H groups in total. The van der Waals surface area contributed by atoms with Gasteiger partial charge in [0, 0.05) is 79.1 Å². The number of pyridine rings is 7. The minimum Gasteiger partial charge on any atom is -0.256 e. The highest BCUT2D eigenvalue weighted by molar-refractivity contribution is 5.88. The second kappa shape index (κ2) is 31.0. The minimum absolute atomic E-state index is 0. The first kappa shape index (κ1) is 69.9. The zero-order valence-electron chi connectivity index (χ0n) is 57.8. The molecule has 14 aromatic rings. The highest BCUT2D eigenvalue weighted by Gasteiger charge is 2.08. The molecular weight excluding hydrogens is 1120 g/mol. The maximum absolute atomic E-state index is 4.57. The molecule has 0 bridgehead atoms. The van der Waals surface area contributed by atoms with Gasteiger partial charge in [-0.25, -0.2) is 0 Å². The van der Waals surface area contributed by atoms with Gasteiger partial charge in [-0.1, -0.05) is 103 Å². The van der Waals surface area contributed by atoms with Crippen LogP contribution in [0.1, 0.15) is 125 Å². The van der Waals surface area contributed by atoms with Crippen LogP contribution < -0.4 is 0 Å². The number of fused-ring (bicyclic) bond motifs is 7. The smallest absolute Gasteiger partial charge is 0.0734 e. The average molecular weight is 1210 g/mol. The third-order valence-electron chi connectivity index (χ3n) is 17.7. The van der Waals surface area contributed by atoms with Crippen LogP contribution in [0.2, 0.25) is 0 Å². The Balaban J connectivity index is 0.000000152. The van der Waals surface area contributed by atoms with Crippen LogP contribution in [0.25, 0.3) is 76.3 Å². The Morgan fingerprint density at radius 1 is 0.228 bits per heavy atom. The van der Waals surface area contributed by atoms with E-state index in [1.165, 1.54) is 132 Å². The van der Waals surface area contributed by atoms with Gasteiger partial charge in [0.05, 0.1) is 38.6 Å². The third kappa shape index (κ3) is 17.1. The first-order valence-electron chi connectivity index (χ1n) is 31.6. The van der Waals surface area contributed by atoms with Crippen LogP contribution in [-0.4, -0.2) is 34.9 Å². The van der Waals surface area contributed by atoms with Gasteiger partial charge in [-0.05, 0) is 296 Å². The van der Waals surface area contributed by atoms with Crippen molar-refractivity contribution < 1.29 is 0 Å². The first-order valence-corrected chi connectivity index (χ1v) is 31.6. The van der Waals surface area contributed by atoms with E-state index in [9.17, 15) is 0 Å². The van der Waals surface area contributed by atoms with Crippen LogP contribution >= 0.6 is 0 Å². The highest BCUT2D eigenvalue weighted by atomic mass is 14.7. The second-order valence-electron chi connectivity index (χ2n) is 24.9. The summed E-state index contributed by atoms with van der Waals surface area (Å²) in [5.41, 5.74) is 34.2. The number of benzene rings is 7. The lowest BCUT2D eigenvalue weighted by Gasteiger charge is -2.07. The fraction of sp³-hybridized carbons (Fsp3) is 0.259. The van der Waals surface area contributed by atoms with E-state index < -0.39 is 0 Å². The van der Waals surface area contributed by atoms with Crippen molar-refractivity contribution in [1.82, 2.24) is 34.9 Å². The Hall–Kier alpha value is -9.59. The average Bonchev–Trinajstić information content (AvgIpc) is 0.985. The molecule has 470 valence electrons. The lowest BCUT2D eigenvalue weighted by Crippen LogP contribution is -1.92. The lowest BCUT2D eigenvalue weighted by molar-refractivity contribution is 1.17. The van der Waals surface area contributed by atoms with Gasteiger partial charge in [0.25, 0.3) is 0 Å². The van der Waals surface area contributed by atoms with Gasteiger partial charge in [0.1, 0.15) is 0 Å². The topological polar surface area (TPSA) is 90.2 Å². The van der Waals surface area contributed by atoms with Crippen LogP contribution in [0.3, 0.4) is 0 Å². The summed E-state index contributed by atoms with van der Waals surface area (Å²) in [6.07, 6.45) is 5.82. The maximum Gasteiger partial charge on any atom is 0.0734 e. The van der Waals surface area contributed by atoms with E-state index in [-0.39, 0.29) is 7.43 Å². The molecule has 0 radical (unpaired) electrons. The predicted octanol–water partition coefficient (Wildman–Crippen LogP) is 22.8. The number of hydrogen-bond donors (Lipinski definition) is 0. The molecule has 0 saturated carbocycles. The third-order valence-corrected chi connectivity index (χ3v) is 17.7. The molecule has 0 aliphatic heterocycles. The molecule has 7 aromatic carbocycles. The summed E-state index contributed by atoms with van der Waals surface area (Å²) < 4.78 is 0. The summed E-state index contributed by atoms with van der Waals surface area (Å²) in [6, 6.07) is 53.0. The number of hydrogen-bond acceptors (Lipinski definition) is 7. The highest BCUT2D eigenvalue weighted by Crippen LogP contribution is 2.26. The molecule has 7 nitrogen and oxygen atoms in total. The number of nitrogens with zero attached hydrogens (tertiary/aromatic N) is 7. The van der Waals surface area contributed by atoms with Crippen molar-refractivity contribution in [3.05, 3.63) is 288 Å². The molecular formula is C85H95N7. The van der Waals surface area contributed by atoms with Gasteiger partial charge >= 0.3 is 0 Å². The van der Waals surface area contributed by atoms with Crippen molar-refractivity contribution in [2.75, 3.05) is 0 Å². The molecule has 0 fully saturated rings. The van der Waals surface area contributed by atoms with Crippen LogP contribution in [0.15, 0.2) is 170 Å². The molecule has 0 spiro atoms. The first-order chi connectivity index (χ1) is 43.3. The molecule has 92 heavy (non-hydrogen) atoms. The van der Waals surface area contributed by atoms with Gasteiger partial charge in [-0.2, -0.15) is 0 Å². The van der Waals surface area contributed by atoms with Crippen LogP contribution in [-0.2, 0) is 0 Å². The van der Waals surface area contributed by atoms with E-state index in [2.05, 4.69) is 326 Å². The van der Waals surface area contributed by atoms with Gasteiger partial charge in [-0.15, -0.1) is 0 Å². The number of aryl methyl sites for hydroxylation is 20. The standard InChI is InChI=1S/7C12H13N.CH4/c1-8-4-5-12-11(6-8)10(3)9(2)7-13-12;1-8-4-5-12-11(6-8)7-9(2)10(3)13-12;1-8-4-5-11-10(3)9(2)7-13-12(11)6-8;1-8-4-5-11-7-9(2)10(3)13-12(11)6-8;1-8-5-4-6-11-12(8)10(3)9(2)7-13-11;1-8-5-4-6-11-7-9(2)10(3)13-12(8)11;1-8-9(2)11-6-4-5-7-12(11)13-10(8)3;/h7*4-7H,1-3H3;1H4. The maximum atomic E-state index is 4.57. The Kier molecular flexibility index (Phi) is 23.5. The Morgan fingerprint density at radius 3 is 1.36 bits per heavy atom. The van der Waals surface area contributed by atoms with E-state index >= 15 is 0 Å². The van der Waals surface area contributed by atoms with Gasteiger partial charge in [0.2, 0.25) is 0 Å². The van der Waals surface area contributed by atoms with E-state index in [0.29, 0.717) is 0 Å². The zero-order valence-corrected chi connectivity index (χ0v) is 57.8. The Labute approximate surface area is 548 Å². The van der Waals surface area contributed by atoms with Crippen molar-refractivity contribution in [2.24, 2.45) is 0 Å². The van der Waals surface area contributed by atoms with Crippen molar-refractivity contribution in [3.8, 4) is 0 Å². The molecule has 0 aliphatic rings. The largest absolute Gasteiger partial charge is 0.256 e. The zero-order chi connectivity index (χ0) is 66.0. The monoisotopic (exact) mass is 1210 g/mol. The van der Waals surface area contributed by atoms with Crippen LogP contribution in [0, 0.1) is 145 Å². The Bertz CT molecular complexity index is 4800. The summed E-state index contributed by atoms with van der Waals surface area (Å²) in [6.45, 7) is 44.2. The molecule has 0 amide bonds. The summed E-state index contributed by atoms with van der Waals surface area (Å²) in [5, 5.41) is 8.83. The van der Waals surface area contributed by atoms with Gasteiger partial charge < -0.3 is 0 Å². The second-order valence-corrected chi connectivity index (χ2v) is 24.9. The van der Waals surface area contributed by atoms with Crippen molar-refractivity contribution in [3.63, 3.8) is 0 Å². The molecule has 0 aliphatic carbocycles. The predicted molar refractivity (Wildman–Crippen MR) is 398 cm³/mol. The van der Waals surface area contributed by atoms with Crippen molar-refractivity contribution >= 4 is 76.3 Å². The molecule has 0 unspecified atom stereocenters. The van der Waals surface area contributed by atoms with E-state index in [1.807, 2.05) is 24.7 Å². The molecule has 7 heteroatoms. The van der Waals surface area contributed by atoms with Crippen LogP contribution in [0.4, 0.5) is 0 Å². The van der Waals surface area contributed by atoms with Gasteiger partial charge in [0.15, 0.2) is 0 Å². The number of para-hydroxylation sites is 2. The van der Waals surface area contributed by atoms with E-state index in [1.54, 1.807) is 0 Å². The normalized spacial score (nSPS) is 10.6. The fourth-order valence-corrected chi connectivity index (χ4v) is 10.9. The summed E-state index contributed by atoms with van der Waals surface area (Å²) in [5.74, 6) is 0. The van der Waals surface area contributed by atoms with Crippen molar-refractivity contribution in [2.45, 2.75) is 153 Å². The molecule has 0 atom stereocenters. The summed E-state index contributed by atoms with van der Waals surface area (Å²) in [7, 11) is 0. The summed E-state index contributed by atoms with van der Waals surface area (Å²) >= 11 is 0. The number of aromatic nitrogens is 7. The number of rotatable bonds is 0. The fourth-order valence-electron chi connectivity index (χ4n) is 10.9. The van der Waals surface area contributed by atoms with Crippen LogP contribution in [0.5, 0.6) is 0 Å². The van der Waals surface area contributed by atoms with E-state index in [0.717, 1.165) is 61.4 Å².